The van der Waals surface area contributed by atoms with E-state index in [0.29, 0.717) is 17.8 Å². The number of aromatic nitrogens is 1. The standard InChI is InChI=1S/C14H16N2O2/c1-10-7-8-12(16(10)2)14(18)15-9-11-5-3-4-6-13(11)17/h3-8,17H,9H2,1-2H3,(H,15,18). The van der Waals surface area contributed by atoms with Crippen molar-refractivity contribution in [2.45, 2.75) is 13.5 Å². The van der Waals surface area contributed by atoms with Gasteiger partial charge in [-0.3, -0.25) is 4.79 Å². The number of nitrogens with zero attached hydrogens (tertiary/aromatic N) is 1. The van der Waals surface area contributed by atoms with Crippen molar-refractivity contribution in [3.63, 3.8) is 0 Å². The lowest BCUT2D eigenvalue weighted by Crippen LogP contribution is -2.25. The number of aryl methyl sites for hydroxylation is 1. The van der Waals surface area contributed by atoms with Crippen molar-refractivity contribution in [2.75, 3.05) is 0 Å². The highest BCUT2D eigenvalue weighted by Gasteiger charge is 2.10. The quantitative estimate of drug-likeness (QED) is 0.867. The number of para-hydroxylation sites is 1. The Balaban J connectivity index is 2.05. The summed E-state index contributed by atoms with van der Waals surface area (Å²) in [6.07, 6.45) is 0. The Bertz CT molecular complexity index is 573. The molecule has 2 aromatic rings. The van der Waals surface area contributed by atoms with Crippen LogP contribution in [0, 0.1) is 6.92 Å². The van der Waals surface area contributed by atoms with Crippen LogP contribution in [-0.4, -0.2) is 15.6 Å². The number of hydrogen-bond donors (Lipinski definition) is 2. The molecule has 1 aromatic heterocycles. The highest BCUT2D eigenvalue weighted by Crippen LogP contribution is 2.15. The Hall–Kier alpha value is -2.23. The molecule has 0 aliphatic carbocycles. The molecular formula is C14H16N2O2. The summed E-state index contributed by atoms with van der Waals surface area (Å²) in [5.41, 5.74) is 2.35. The van der Waals surface area contributed by atoms with Crippen molar-refractivity contribution in [1.29, 1.82) is 0 Å². The van der Waals surface area contributed by atoms with Crippen LogP contribution in [0.25, 0.3) is 0 Å². The second-order valence-electron chi connectivity index (χ2n) is 4.23. The van der Waals surface area contributed by atoms with Crippen LogP contribution in [0.4, 0.5) is 0 Å². The van der Waals surface area contributed by atoms with Crippen LogP contribution in [-0.2, 0) is 13.6 Å². The van der Waals surface area contributed by atoms with E-state index in [0.717, 1.165) is 5.69 Å². The lowest BCUT2D eigenvalue weighted by Gasteiger charge is -2.08. The third-order valence-electron chi connectivity index (χ3n) is 3.04. The first-order chi connectivity index (χ1) is 8.59. The Morgan fingerprint density at radius 2 is 2.00 bits per heavy atom. The number of rotatable bonds is 3. The average Bonchev–Trinajstić information content (AvgIpc) is 2.69. The number of phenolic OH excluding ortho intramolecular Hbond substituents is 1. The van der Waals surface area contributed by atoms with Crippen molar-refractivity contribution >= 4 is 5.91 Å². The summed E-state index contributed by atoms with van der Waals surface area (Å²) in [7, 11) is 1.85. The molecule has 4 heteroatoms. The van der Waals surface area contributed by atoms with E-state index in [4.69, 9.17) is 0 Å². The first kappa shape index (κ1) is 12.2. The summed E-state index contributed by atoms with van der Waals surface area (Å²) in [6.45, 7) is 2.26. The molecule has 1 heterocycles. The average molecular weight is 244 g/mol. The van der Waals surface area contributed by atoms with E-state index in [2.05, 4.69) is 5.32 Å². The van der Waals surface area contributed by atoms with Gasteiger partial charge in [0.15, 0.2) is 0 Å². The van der Waals surface area contributed by atoms with Gasteiger partial charge < -0.3 is 15.0 Å². The van der Waals surface area contributed by atoms with Gasteiger partial charge >= 0.3 is 0 Å². The number of carbonyl (C=O) groups is 1. The number of benzene rings is 1. The third-order valence-corrected chi connectivity index (χ3v) is 3.04. The number of phenols is 1. The molecule has 1 amide bonds. The highest BCUT2D eigenvalue weighted by molar-refractivity contribution is 5.92. The fraction of sp³-hybridized carbons (Fsp3) is 0.214. The molecule has 0 fully saturated rings. The summed E-state index contributed by atoms with van der Waals surface area (Å²) >= 11 is 0. The summed E-state index contributed by atoms with van der Waals surface area (Å²) in [4.78, 5) is 11.9. The van der Waals surface area contributed by atoms with E-state index in [1.54, 1.807) is 24.3 Å². The lowest BCUT2D eigenvalue weighted by molar-refractivity contribution is 0.0942. The molecule has 0 saturated carbocycles. The van der Waals surface area contributed by atoms with E-state index in [1.165, 1.54) is 0 Å². The number of aromatic hydroxyl groups is 1. The summed E-state index contributed by atoms with van der Waals surface area (Å²) in [5, 5.41) is 12.4. The number of nitrogens with one attached hydrogen (secondary N) is 1. The molecule has 0 aliphatic rings. The largest absolute Gasteiger partial charge is 0.508 e. The molecular weight excluding hydrogens is 228 g/mol. The Kier molecular flexibility index (Phi) is 3.37. The first-order valence-corrected chi connectivity index (χ1v) is 5.77. The molecule has 2 N–H and O–H groups in total. The molecule has 4 nitrogen and oxygen atoms in total. The highest BCUT2D eigenvalue weighted by atomic mass is 16.3. The molecule has 0 bridgehead atoms. The Morgan fingerprint density at radius 3 is 2.61 bits per heavy atom. The number of carbonyl (C=O) groups excluding carboxylic acids is 1. The smallest absolute Gasteiger partial charge is 0.268 e. The van der Waals surface area contributed by atoms with Gasteiger partial charge in [0.25, 0.3) is 5.91 Å². The molecule has 2 rings (SSSR count). The van der Waals surface area contributed by atoms with Gasteiger partial charge in [-0.05, 0) is 25.1 Å². The zero-order chi connectivity index (χ0) is 13.1. The van der Waals surface area contributed by atoms with Gasteiger partial charge in [0.05, 0.1) is 0 Å². The van der Waals surface area contributed by atoms with E-state index in [-0.39, 0.29) is 11.7 Å². The minimum Gasteiger partial charge on any atom is -0.508 e. The predicted molar refractivity (Wildman–Crippen MR) is 69.4 cm³/mol. The fourth-order valence-corrected chi connectivity index (χ4v) is 1.77. The van der Waals surface area contributed by atoms with Crippen molar-refractivity contribution in [3.05, 3.63) is 53.3 Å². The normalized spacial score (nSPS) is 10.3. The summed E-state index contributed by atoms with van der Waals surface area (Å²) < 4.78 is 1.83. The zero-order valence-electron chi connectivity index (χ0n) is 10.5. The van der Waals surface area contributed by atoms with Gasteiger partial charge in [0.2, 0.25) is 0 Å². The maximum absolute atomic E-state index is 11.9. The van der Waals surface area contributed by atoms with Crippen molar-refractivity contribution in [1.82, 2.24) is 9.88 Å². The SMILES string of the molecule is Cc1ccc(C(=O)NCc2ccccc2O)n1C. The molecule has 0 spiro atoms. The molecule has 0 saturated heterocycles. The topological polar surface area (TPSA) is 54.3 Å². The van der Waals surface area contributed by atoms with Crippen molar-refractivity contribution in [3.8, 4) is 5.75 Å². The monoisotopic (exact) mass is 244 g/mol. The van der Waals surface area contributed by atoms with Crippen LogP contribution >= 0.6 is 0 Å². The minimum atomic E-state index is -0.145. The first-order valence-electron chi connectivity index (χ1n) is 5.77. The Labute approximate surface area is 106 Å². The van der Waals surface area contributed by atoms with Gasteiger partial charge in [-0.2, -0.15) is 0 Å². The van der Waals surface area contributed by atoms with Crippen LogP contribution in [0.3, 0.4) is 0 Å². The van der Waals surface area contributed by atoms with Gasteiger partial charge in [-0.15, -0.1) is 0 Å². The molecule has 94 valence electrons. The van der Waals surface area contributed by atoms with Crippen molar-refractivity contribution < 1.29 is 9.90 Å². The van der Waals surface area contributed by atoms with E-state index >= 15 is 0 Å². The summed E-state index contributed by atoms with van der Waals surface area (Å²) in [5.74, 6) is 0.0507. The van der Waals surface area contributed by atoms with Gasteiger partial charge in [0.1, 0.15) is 11.4 Å². The number of amides is 1. The molecule has 1 aromatic carbocycles. The second kappa shape index (κ2) is 4.96. The number of hydrogen-bond acceptors (Lipinski definition) is 2. The van der Waals surface area contributed by atoms with Crippen LogP contribution in [0.2, 0.25) is 0 Å². The molecule has 0 atom stereocenters. The molecule has 0 aliphatic heterocycles. The maximum Gasteiger partial charge on any atom is 0.268 e. The maximum atomic E-state index is 11.9. The van der Waals surface area contributed by atoms with Crippen LogP contribution in [0.15, 0.2) is 36.4 Å². The summed E-state index contributed by atoms with van der Waals surface area (Å²) in [6, 6.07) is 10.7. The Morgan fingerprint density at radius 1 is 1.28 bits per heavy atom. The molecule has 0 radical (unpaired) electrons. The second-order valence-corrected chi connectivity index (χ2v) is 4.23. The minimum absolute atomic E-state index is 0.145. The fourth-order valence-electron chi connectivity index (χ4n) is 1.77. The predicted octanol–water partition coefficient (Wildman–Crippen LogP) is 1.97. The van der Waals surface area contributed by atoms with Gasteiger partial charge in [-0.1, -0.05) is 18.2 Å². The lowest BCUT2D eigenvalue weighted by atomic mass is 10.2. The zero-order valence-corrected chi connectivity index (χ0v) is 10.5. The van der Waals surface area contributed by atoms with Crippen LogP contribution in [0.1, 0.15) is 21.7 Å². The van der Waals surface area contributed by atoms with Crippen molar-refractivity contribution in [2.24, 2.45) is 7.05 Å². The van der Waals surface area contributed by atoms with Gasteiger partial charge in [-0.25, -0.2) is 0 Å². The molecule has 18 heavy (non-hydrogen) atoms. The van der Waals surface area contributed by atoms with E-state index in [1.807, 2.05) is 30.7 Å². The van der Waals surface area contributed by atoms with Gasteiger partial charge in [0, 0.05) is 24.8 Å². The van der Waals surface area contributed by atoms with E-state index in [9.17, 15) is 9.90 Å². The van der Waals surface area contributed by atoms with Crippen LogP contribution < -0.4 is 5.32 Å². The third kappa shape index (κ3) is 2.37. The van der Waals surface area contributed by atoms with Crippen LogP contribution in [0.5, 0.6) is 5.75 Å². The van der Waals surface area contributed by atoms with E-state index < -0.39 is 0 Å². The molecule has 0 unspecified atom stereocenters.